The minimum Gasteiger partial charge on any atom is -0.483 e. The molecule has 0 radical (unpaired) electrons. The van der Waals surface area contributed by atoms with Gasteiger partial charge in [-0.25, -0.2) is 8.42 Å². The largest absolute Gasteiger partial charge is 0.483 e. The standard InChI is InChI=1S/C23H28N2O5P2S/c1-15(26)21(16-5-3-2-4-6-16)22(27)24-11-17-13-25(14-18(17)12-24)33(28,29)20-9-7-19(8-10-20)30-23(31)32/h2-10,15,21,23,26H,11-14,31-32H2,1H3. The van der Waals surface area contributed by atoms with Crippen LogP contribution >= 0.6 is 18.5 Å². The summed E-state index contributed by atoms with van der Waals surface area (Å²) >= 11 is 0. The number of rotatable bonds is 7. The van der Waals surface area contributed by atoms with Gasteiger partial charge in [0.1, 0.15) is 11.3 Å². The summed E-state index contributed by atoms with van der Waals surface area (Å²) in [4.78, 5) is 15.1. The zero-order valence-electron chi connectivity index (χ0n) is 18.3. The van der Waals surface area contributed by atoms with Crippen LogP contribution in [0.2, 0.25) is 0 Å². The third kappa shape index (κ3) is 5.16. The lowest BCUT2D eigenvalue weighted by Crippen LogP contribution is -2.40. The highest BCUT2D eigenvalue weighted by Gasteiger charge is 2.40. The Bertz CT molecular complexity index is 1130. The van der Waals surface area contributed by atoms with Crippen LogP contribution < -0.4 is 4.74 Å². The first-order valence-electron chi connectivity index (χ1n) is 10.7. The number of sulfonamides is 1. The van der Waals surface area contributed by atoms with Gasteiger partial charge in [-0.1, -0.05) is 48.8 Å². The van der Waals surface area contributed by atoms with E-state index >= 15 is 0 Å². The zero-order valence-corrected chi connectivity index (χ0v) is 21.4. The number of hydrogen-bond donors (Lipinski definition) is 1. The predicted molar refractivity (Wildman–Crippen MR) is 134 cm³/mol. The molecule has 2 aliphatic rings. The molecule has 2 heterocycles. The number of aliphatic hydroxyl groups is 1. The maximum absolute atomic E-state index is 13.2. The molecule has 7 nitrogen and oxygen atoms in total. The van der Waals surface area contributed by atoms with Gasteiger partial charge >= 0.3 is 0 Å². The highest BCUT2D eigenvalue weighted by molar-refractivity contribution is 7.89. The van der Waals surface area contributed by atoms with Crippen molar-refractivity contribution in [2.75, 3.05) is 26.2 Å². The van der Waals surface area contributed by atoms with Crippen molar-refractivity contribution in [2.24, 2.45) is 0 Å². The molecule has 176 valence electrons. The molecule has 1 N–H and O–H groups in total. The lowest BCUT2D eigenvalue weighted by molar-refractivity contribution is -0.134. The Balaban J connectivity index is 1.42. The lowest BCUT2D eigenvalue weighted by Gasteiger charge is -2.28. The molecular weight excluding hydrogens is 478 g/mol. The van der Waals surface area contributed by atoms with E-state index in [1.54, 1.807) is 36.1 Å². The number of carbonyl (C=O) groups excluding carboxylic acids is 1. The quantitative estimate of drug-likeness (QED) is 0.461. The van der Waals surface area contributed by atoms with E-state index in [0.29, 0.717) is 18.8 Å². The minimum atomic E-state index is -3.65. The van der Waals surface area contributed by atoms with E-state index in [-0.39, 0.29) is 29.5 Å². The van der Waals surface area contributed by atoms with E-state index < -0.39 is 22.0 Å². The fourth-order valence-corrected chi connectivity index (χ4v) is 6.10. The van der Waals surface area contributed by atoms with Gasteiger partial charge in [0.15, 0.2) is 0 Å². The summed E-state index contributed by atoms with van der Waals surface area (Å²) < 4.78 is 33.2. The van der Waals surface area contributed by atoms with Gasteiger partial charge < -0.3 is 14.7 Å². The maximum Gasteiger partial charge on any atom is 0.243 e. The highest BCUT2D eigenvalue weighted by atomic mass is 32.2. The van der Waals surface area contributed by atoms with E-state index in [1.165, 1.54) is 4.31 Å². The van der Waals surface area contributed by atoms with Crippen LogP contribution in [0.15, 0.2) is 70.6 Å². The number of aliphatic hydroxyl groups excluding tert-OH is 1. The summed E-state index contributed by atoms with van der Waals surface area (Å²) in [6.45, 7) is 2.92. The third-order valence-corrected chi connectivity index (χ3v) is 8.03. The molecule has 10 heteroatoms. The Morgan fingerprint density at radius 3 is 2.06 bits per heavy atom. The number of amides is 1. The molecule has 0 fully saturated rings. The molecule has 2 aromatic carbocycles. The summed E-state index contributed by atoms with van der Waals surface area (Å²) in [5.74, 6) is -0.197. The Morgan fingerprint density at radius 2 is 1.55 bits per heavy atom. The monoisotopic (exact) mass is 506 g/mol. The van der Waals surface area contributed by atoms with Crippen LogP contribution in [0.3, 0.4) is 0 Å². The average molecular weight is 507 g/mol. The van der Waals surface area contributed by atoms with E-state index in [0.717, 1.165) is 16.7 Å². The lowest BCUT2D eigenvalue weighted by atomic mass is 9.93. The van der Waals surface area contributed by atoms with Crippen LogP contribution in [0, 0.1) is 0 Å². The third-order valence-electron chi connectivity index (χ3n) is 5.95. The van der Waals surface area contributed by atoms with Crippen molar-refractivity contribution in [1.29, 1.82) is 0 Å². The number of carbonyl (C=O) groups is 1. The maximum atomic E-state index is 13.2. The van der Waals surface area contributed by atoms with Crippen molar-refractivity contribution >= 4 is 34.4 Å². The molecule has 0 saturated heterocycles. The summed E-state index contributed by atoms with van der Waals surface area (Å²) in [6.07, 6.45) is -0.827. The first kappa shape index (κ1) is 24.3. The smallest absolute Gasteiger partial charge is 0.243 e. The molecule has 2 aromatic rings. The van der Waals surface area contributed by atoms with Gasteiger partial charge in [0.2, 0.25) is 15.9 Å². The fraction of sp³-hybridized carbons (Fsp3) is 0.348. The molecule has 33 heavy (non-hydrogen) atoms. The molecule has 0 saturated carbocycles. The molecule has 0 aliphatic carbocycles. The highest BCUT2D eigenvalue weighted by Crippen LogP contribution is 2.33. The average Bonchev–Trinajstić information content (AvgIpc) is 3.34. The number of ether oxygens (including phenoxy) is 1. The summed E-state index contributed by atoms with van der Waals surface area (Å²) in [5, 5.41) is 10.3. The Morgan fingerprint density at radius 1 is 0.970 bits per heavy atom. The molecule has 0 aromatic heterocycles. The van der Waals surface area contributed by atoms with E-state index in [4.69, 9.17) is 4.74 Å². The fourth-order valence-electron chi connectivity index (χ4n) is 4.35. The van der Waals surface area contributed by atoms with Crippen molar-refractivity contribution in [3.63, 3.8) is 0 Å². The Labute approximate surface area is 199 Å². The predicted octanol–water partition coefficient (Wildman–Crippen LogP) is 2.41. The zero-order chi connectivity index (χ0) is 23.8. The second kappa shape index (κ2) is 9.81. The number of benzene rings is 2. The number of nitrogens with zero attached hydrogens (tertiary/aromatic N) is 2. The van der Waals surface area contributed by atoms with Crippen molar-refractivity contribution in [3.05, 3.63) is 71.3 Å². The van der Waals surface area contributed by atoms with Crippen LogP contribution in [0.25, 0.3) is 0 Å². The first-order valence-corrected chi connectivity index (χ1v) is 13.4. The molecule has 1 amide bonds. The second-order valence-electron chi connectivity index (χ2n) is 8.36. The van der Waals surface area contributed by atoms with Gasteiger partial charge in [-0.05, 0) is 47.9 Å². The number of hydrogen-bond acceptors (Lipinski definition) is 5. The van der Waals surface area contributed by atoms with Gasteiger partial charge in [0.25, 0.3) is 0 Å². The Kier molecular flexibility index (Phi) is 7.23. The van der Waals surface area contributed by atoms with Gasteiger partial charge in [-0.3, -0.25) is 4.79 Å². The molecule has 4 rings (SSSR count). The summed E-state index contributed by atoms with van der Waals surface area (Å²) in [6, 6.07) is 15.6. The van der Waals surface area contributed by atoms with E-state index in [1.807, 2.05) is 30.3 Å². The van der Waals surface area contributed by atoms with E-state index in [9.17, 15) is 18.3 Å². The van der Waals surface area contributed by atoms with Crippen LogP contribution in [-0.2, 0) is 14.8 Å². The van der Waals surface area contributed by atoms with Crippen molar-refractivity contribution < 1.29 is 23.1 Å². The molecular formula is C23H28N2O5P2S. The molecule has 4 unspecified atom stereocenters. The van der Waals surface area contributed by atoms with Crippen LogP contribution in [0.4, 0.5) is 0 Å². The van der Waals surface area contributed by atoms with Crippen LogP contribution in [-0.4, -0.2) is 66.5 Å². The SMILES string of the molecule is CC(O)C(C(=O)N1CC2=C(C1)CN(S(=O)(=O)c1ccc(OC(P)P)cc1)C2)c1ccccc1. The van der Waals surface area contributed by atoms with Gasteiger partial charge in [0.05, 0.1) is 16.9 Å². The molecule has 0 bridgehead atoms. The van der Waals surface area contributed by atoms with Crippen LogP contribution in [0.5, 0.6) is 5.75 Å². The summed E-state index contributed by atoms with van der Waals surface area (Å²) in [5.41, 5.74) is 2.53. The van der Waals surface area contributed by atoms with Gasteiger partial charge in [-0.2, -0.15) is 4.31 Å². The van der Waals surface area contributed by atoms with Gasteiger partial charge in [0, 0.05) is 26.2 Å². The van der Waals surface area contributed by atoms with E-state index in [2.05, 4.69) is 18.5 Å². The van der Waals surface area contributed by atoms with Crippen LogP contribution in [0.1, 0.15) is 18.4 Å². The molecule has 2 aliphatic heterocycles. The summed E-state index contributed by atoms with van der Waals surface area (Å²) in [7, 11) is 1.33. The van der Waals surface area contributed by atoms with Gasteiger partial charge in [-0.15, -0.1) is 0 Å². The van der Waals surface area contributed by atoms with Crippen molar-refractivity contribution in [1.82, 2.24) is 9.21 Å². The minimum absolute atomic E-state index is 0.142. The molecule has 4 atom stereocenters. The first-order chi connectivity index (χ1) is 15.7. The topological polar surface area (TPSA) is 87.2 Å². The molecule has 0 spiro atoms. The van der Waals surface area contributed by atoms with Crippen molar-refractivity contribution in [2.45, 2.75) is 29.4 Å². The second-order valence-corrected chi connectivity index (χ2v) is 12.4. The Hall–Kier alpha value is -1.82. The normalized spacial score (nSPS) is 18.5. The van der Waals surface area contributed by atoms with Crippen molar-refractivity contribution in [3.8, 4) is 5.75 Å².